The lowest BCUT2D eigenvalue weighted by Crippen LogP contribution is -2.13. The summed E-state index contributed by atoms with van der Waals surface area (Å²) in [4.78, 5) is 4.10. The van der Waals surface area contributed by atoms with Gasteiger partial charge in [-0.3, -0.25) is 4.98 Å². The third-order valence-electron chi connectivity index (χ3n) is 3.08. The monoisotopic (exact) mass is 320 g/mol. The van der Waals surface area contributed by atoms with Gasteiger partial charge in [-0.1, -0.05) is 17.7 Å². The Morgan fingerprint density at radius 2 is 1.82 bits per heavy atom. The summed E-state index contributed by atoms with van der Waals surface area (Å²) in [6.07, 6.45) is 3.61. The molecule has 0 aliphatic carbocycles. The van der Waals surface area contributed by atoms with E-state index in [2.05, 4.69) is 10.3 Å². The van der Waals surface area contributed by atoms with Gasteiger partial charge in [0.1, 0.15) is 0 Å². The predicted octanol–water partition coefficient (Wildman–Crippen LogP) is 3.82. The van der Waals surface area contributed by atoms with Gasteiger partial charge in [-0.05, 0) is 37.1 Å². The maximum atomic E-state index is 6.33. The molecule has 0 atom stereocenters. The highest BCUT2D eigenvalue weighted by molar-refractivity contribution is 6.31. The van der Waals surface area contributed by atoms with Crippen molar-refractivity contribution in [1.82, 2.24) is 10.3 Å². The van der Waals surface area contributed by atoms with Crippen LogP contribution in [0.5, 0.6) is 11.5 Å². The second-order valence-electron chi connectivity index (χ2n) is 4.72. The number of hydrogen-bond donors (Lipinski definition) is 1. The topological polar surface area (TPSA) is 43.4 Å². The molecule has 1 N–H and O–H groups in total. The Balaban J connectivity index is 2.05. The Hall–Kier alpha value is -1.78. The summed E-state index contributed by atoms with van der Waals surface area (Å²) in [6, 6.07) is 7.71. The van der Waals surface area contributed by atoms with E-state index < -0.39 is 0 Å². The quantitative estimate of drug-likeness (QED) is 0.803. The Bertz CT molecular complexity index is 591. The fraction of sp³-hybridized carbons (Fsp3) is 0.353. The van der Waals surface area contributed by atoms with Gasteiger partial charge < -0.3 is 14.8 Å². The fourth-order valence-corrected chi connectivity index (χ4v) is 2.31. The van der Waals surface area contributed by atoms with E-state index in [1.165, 1.54) is 0 Å². The maximum absolute atomic E-state index is 6.33. The standard InChI is InChI=1S/C17H21ClN2O2/c1-3-21-16-8-14(15(18)9-17(16)22-4-2)12-20-11-13-6-5-7-19-10-13/h5-10,20H,3-4,11-12H2,1-2H3. The SMILES string of the molecule is CCOc1cc(Cl)c(CNCc2cccnc2)cc1OCC. The van der Waals surface area contributed by atoms with Crippen LogP contribution in [0.15, 0.2) is 36.7 Å². The van der Waals surface area contributed by atoms with Gasteiger partial charge in [0.2, 0.25) is 0 Å². The number of nitrogens with zero attached hydrogens (tertiary/aromatic N) is 1. The summed E-state index contributed by atoms with van der Waals surface area (Å²) >= 11 is 6.33. The van der Waals surface area contributed by atoms with Crippen LogP contribution >= 0.6 is 11.6 Å². The zero-order valence-corrected chi connectivity index (χ0v) is 13.7. The summed E-state index contributed by atoms with van der Waals surface area (Å²) in [6.45, 7) is 6.44. The minimum Gasteiger partial charge on any atom is -0.490 e. The number of benzene rings is 1. The molecule has 22 heavy (non-hydrogen) atoms. The maximum Gasteiger partial charge on any atom is 0.162 e. The largest absolute Gasteiger partial charge is 0.490 e. The Morgan fingerprint density at radius 3 is 2.45 bits per heavy atom. The van der Waals surface area contributed by atoms with Crippen molar-refractivity contribution in [2.75, 3.05) is 13.2 Å². The fourth-order valence-electron chi connectivity index (χ4n) is 2.09. The first-order valence-corrected chi connectivity index (χ1v) is 7.80. The van der Waals surface area contributed by atoms with Gasteiger partial charge in [0.25, 0.3) is 0 Å². The number of hydrogen-bond acceptors (Lipinski definition) is 4. The first-order chi connectivity index (χ1) is 10.7. The molecule has 0 spiro atoms. The van der Waals surface area contributed by atoms with E-state index in [-0.39, 0.29) is 0 Å². The van der Waals surface area contributed by atoms with Crippen molar-refractivity contribution in [2.45, 2.75) is 26.9 Å². The van der Waals surface area contributed by atoms with E-state index in [4.69, 9.17) is 21.1 Å². The molecule has 0 bridgehead atoms. The molecule has 0 saturated carbocycles. The lowest BCUT2D eigenvalue weighted by molar-refractivity contribution is 0.287. The van der Waals surface area contributed by atoms with Crippen LogP contribution in [0, 0.1) is 0 Å². The van der Waals surface area contributed by atoms with E-state index in [0.717, 1.165) is 23.4 Å². The molecule has 0 aliphatic rings. The van der Waals surface area contributed by atoms with Crippen molar-refractivity contribution < 1.29 is 9.47 Å². The number of nitrogens with one attached hydrogen (secondary N) is 1. The number of halogens is 1. The molecule has 4 nitrogen and oxygen atoms in total. The average Bonchev–Trinajstić information content (AvgIpc) is 2.53. The van der Waals surface area contributed by atoms with Crippen molar-refractivity contribution in [3.63, 3.8) is 0 Å². The predicted molar refractivity (Wildman–Crippen MR) is 88.6 cm³/mol. The number of rotatable bonds is 8. The van der Waals surface area contributed by atoms with Crippen molar-refractivity contribution in [3.05, 3.63) is 52.8 Å². The molecule has 0 saturated heterocycles. The van der Waals surface area contributed by atoms with E-state index in [9.17, 15) is 0 Å². The Labute approximate surface area is 136 Å². The highest BCUT2D eigenvalue weighted by Crippen LogP contribution is 2.33. The summed E-state index contributed by atoms with van der Waals surface area (Å²) in [5.41, 5.74) is 2.12. The molecular formula is C17H21ClN2O2. The number of aromatic nitrogens is 1. The highest BCUT2D eigenvalue weighted by Gasteiger charge is 2.10. The van der Waals surface area contributed by atoms with Gasteiger partial charge >= 0.3 is 0 Å². The van der Waals surface area contributed by atoms with Gasteiger partial charge in [0.15, 0.2) is 11.5 Å². The molecule has 1 heterocycles. The average molecular weight is 321 g/mol. The Morgan fingerprint density at radius 1 is 1.09 bits per heavy atom. The van der Waals surface area contributed by atoms with Crippen LogP contribution in [0.2, 0.25) is 5.02 Å². The second kappa shape index (κ2) is 8.61. The lowest BCUT2D eigenvalue weighted by atomic mass is 10.2. The number of pyridine rings is 1. The van der Waals surface area contributed by atoms with E-state index >= 15 is 0 Å². The van der Waals surface area contributed by atoms with Crippen LogP contribution in [0.3, 0.4) is 0 Å². The molecular weight excluding hydrogens is 300 g/mol. The van der Waals surface area contributed by atoms with Crippen LogP contribution in [0.25, 0.3) is 0 Å². The van der Waals surface area contributed by atoms with E-state index in [1.807, 2.05) is 44.3 Å². The van der Waals surface area contributed by atoms with Crippen LogP contribution in [-0.4, -0.2) is 18.2 Å². The second-order valence-corrected chi connectivity index (χ2v) is 5.13. The molecule has 118 valence electrons. The van der Waals surface area contributed by atoms with Gasteiger partial charge in [0, 0.05) is 36.6 Å². The Kier molecular flexibility index (Phi) is 6.49. The molecule has 0 radical (unpaired) electrons. The molecule has 2 rings (SSSR count). The van der Waals surface area contributed by atoms with Gasteiger partial charge in [-0.15, -0.1) is 0 Å². The summed E-state index contributed by atoms with van der Waals surface area (Å²) < 4.78 is 11.2. The first-order valence-electron chi connectivity index (χ1n) is 7.42. The first kappa shape index (κ1) is 16.6. The number of ether oxygens (including phenoxy) is 2. The van der Waals surface area contributed by atoms with E-state index in [1.54, 1.807) is 6.20 Å². The zero-order chi connectivity index (χ0) is 15.8. The minimum absolute atomic E-state index is 0.578. The molecule has 2 aromatic rings. The van der Waals surface area contributed by atoms with Crippen molar-refractivity contribution in [3.8, 4) is 11.5 Å². The lowest BCUT2D eigenvalue weighted by Gasteiger charge is -2.14. The van der Waals surface area contributed by atoms with Crippen LogP contribution in [0.4, 0.5) is 0 Å². The molecule has 0 unspecified atom stereocenters. The van der Waals surface area contributed by atoms with Gasteiger partial charge in [0.05, 0.1) is 13.2 Å². The van der Waals surface area contributed by atoms with Crippen molar-refractivity contribution in [1.29, 1.82) is 0 Å². The summed E-state index contributed by atoms with van der Waals surface area (Å²) in [7, 11) is 0. The van der Waals surface area contributed by atoms with Crippen LogP contribution < -0.4 is 14.8 Å². The molecule has 1 aromatic carbocycles. The van der Waals surface area contributed by atoms with Crippen LogP contribution in [-0.2, 0) is 13.1 Å². The molecule has 5 heteroatoms. The molecule has 1 aromatic heterocycles. The van der Waals surface area contributed by atoms with Gasteiger partial charge in [-0.25, -0.2) is 0 Å². The highest BCUT2D eigenvalue weighted by atomic mass is 35.5. The summed E-state index contributed by atoms with van der Waals surface area (Å²) in [5, 5.41) is 4.03. The van der Waals surface area contributed by atoms with Crippen LogP contribution in [0.1, 0.15) is 25.0 Å². The normalized spacial score (nSPS) is 10.5. The van der Waals surface area contributed by atoms with Crippen molar-refractivity contribution in [2.24, 2.45) is 0 Å². The molecule has 0 fully saturated rings. The smallest absolute Gasteiger partial charge is 0.162 e. The minimum atomic E-state index is 0.578. The molecule has 0 aliphatic heterocycles. The third kappa shape index (κ3) is 4.61. The van der Waals surface area contributed by atoms with Gasteiger partial charge in [-0.2, -0.15) is 0 Å². The van der Waals surface area contributed by atoms with E-state index in [0.29, 0.717) is 30.5 Å². The molecule has 0 amide bonds. The third-order valence-corrected chi connectivity index (χ3v) is 3.43. The van der Waals surface area contributed by atoms with Crippen molar-refractivity contribution >= 4 is 11.6 Å². The zero-order valence-electron chi connectivity index (χ0n) is 12.9. The summed E-state index contributed by atoms with van der Waals surface area (Å²) in [5.74, 6) is 1.41.